The summed E-state index contributed by atoms with van der Waals surface area (Å²) in [7, 11) is 0. The summed E-state index contributed by atoms with van der Waals surface area (Å²) in [6.07, 6.45) is 5.44. The van der Waals surface area contributed by atoms with E-state index in [2.05, 4.69) is 25.7 Å². The minimum Gasteiger partial charge on any atom is -0.329 e. The minimum atomic E-state index is 0.253. The quantitative estimate of drug-likeness (QED) is 0.748. The van der Waals surface area contributed by atoms with Gasteiger partial charge in [0.05, 0.1) is 0 Å². The molecule has 1 saturated heterocycles. The molecule has 0 spiro atoms. The smallest absolute Gasteiger partial charge is 0.0359 e. The Bertz CT molecular complexity index is 222. The first-order valence-electron chi connectivity index (χ1n) is 6.00. The molecule has 1 saturated carbocycles. The predicted octanol–water partition coefficient (Wildman–Crippen LogP) is 1.99. The lowest BCUT2D eigenvalue weighted by molar-refractivity contribution is 0.0418. The number of likely N-dealkylation sites (tertiary alicyclic amines) is 1. The van der Waals surface area contributed by atoms with Crippen LogP contribution in [0.25, 0.3) is 0 Å². The summed E-state index contributed by atoms with van der Waals surface area (Å²) < 4.78 is 0. The summed E-state index contributed by atoms with van der Waals surface area (Å²) in [6, 6.07) is 0.737. The summed E-state index contributed by atoms with van der Waals surface area (Å²) in [4.78, 5) is 2.67. The van der Waals surface area contributed by atoms with Gasteiger partial charge in [-0.3, -0.25) is 4.90 Å². The van der Waals surface area contributed by atoms with Gasteiger partial charge in [0.25, 0.3) is 0 Å². The summed E-state index contributed by atoms with van der Waals surface area (Å²) in [5.41, 5.74) is 6.79. The van der Waals surface area contributed by atoms with Crippen LogP contribution in [-0.4, -0.2) is 29.6 Å². The van der Waals surface area contributed by atoms with Gasteiger partial charge in [-0.1, -0.05) is 6.92 Å². The van der Waals surface area contributed by atoms with Gasteiger partial charge in [-0.05, 0) is 51.5 Å². The van der Waals surface area contributed by atoms with Gasteiger partial charge in [0, 0.05) is 18.1 Å². The Morgan fingerprint density at radius 1 is 1.50 bits per heavy atom. The van der Waals surface area contributed by atoms with Crippen LogP contribution in [0.1, 0.15) is 46.5 Å². The minimum absolute atomic E-state index is 0.253. The van der Waals surface area contributed by atoms with Crippen molar-refractivity contribution >= 4 is 0 Å². The molecule has 82 valence electrons. The van der Waals surface area contributed by atoms with Crippen LogP contribution in [0.5, 0.6) is 0 Å². The molecular formula is C12H24N2. The Balaban J connectivity index is 2.19. The van der Waals surface area contributed by atoms with E-state index < -0.39 is 0 Å². The molecule has 2 unspecified atom stereocenters. The second-order valence-electron chi connectivity index (χ2n) is 5.72. The Morgan fingerprint density at radius 2 is 2.14 bits per heavy atom. The molecule has 1 heterocycles. The van der Waals surface area contributed by atoms with Gasteiger partial charge in [0.1, 0.15) is 0 Å². The third-order valence-corrected chi connectivity index (χ3v) is 4.88. The lowest BCUT2D eigenvalue weighted by Crippen LogP contribution is -2.58. The lowest BCUT2D eigenvalue weighted by atomic mass is 9.81. The lowest BCUT2D eigenvalue weighted by Gasteiger charge is -2.46. The molecule has 0 amide bonds. The van der Waals surface area contributed by atoms with Gasteiger partial charge < -0.3 is 5.73 Å². The van der Waals surface area contributed by atoms with Crippen molar-refractivity contribution in [2.75, 3.05) is 13.1 Å². The van der Waals surface area contributed by atoms with Gasteiger partial charge in [-0.25, -0.2) is 0 Å². The highest BCUT2D eigenvalue weighted by atomic mass is 15.3. The van der Waals surface area contributed by atoms with Crippen LogP contribution in [0, 0.1) is 5.41 Å². The summed E-state index contributed by atoms with van der Waals surface area (Å²) >= 11 is 0. The average Bonchev–Trinajstić information content (AvgIpc) is 2.77. The average molecular weight is 196 g/mol. The van der Waals surface area contributed by atoms with Crippen molar-refractivity contribution in [2.45, 2.75) is 58.0 Å². The van der Waals surface area contributed by atoms with Gasteiger partial charge in [0.15, 0.2) is 0 Å². The maximum Gasteiger partial charge on any atom is 0.0359 e. The zero-order valence-electron chi connectivity index (χ0n) is 9.84. The summed E-state index contributed by atoms with van der Waals surface area (Å²) in [6.45, 7) is 9.21. The van der Waals surface area contributed by atoms with Crippen LogP contribution in [0.4, 0.5) is 0 Å². The Kier molecular flexibility index (Phi) is 2.39. The van der Waals surface area contributed by atoms with Crippen molar-refractivity contribution in [1.29, 1.82) is 0 Å². The maximum atomic E-state index is 6.03. The molecule has 1 aliphatic heterocycles. The van der Waals surface area contributed by atoms with Crippen molar-refractivity contribution in [3.8, 4) is 0 Å². The Morgan fingerprint density at radius 3 is 2.50 bits per heavy atom. The van der Waals surface area contributed by atoms with Crippen LogP contribution in [0.2, 0.25) is 0 Å². The van der Waals surface area contributed by atoms with E-state index >= 15 is 0 Å². The van der Waals surface area contributed by atoms with Crippen LogP contribution in [0.3, 0.4) is 0 Å². The fourth-order valence-corrected chi connectivity index (χ4v) is 3.10. The van der Waals surface area contributed by atoms with E-state index in [9.17, 15) is 0 Å². The third-order valence-electron chi connectivity index (χ3n) is 4.88. The van der Waals surface area contributed by atoms with Crippen LogP contribution in [-0.2, 0) is 0 Å². The van der Waals surface area contributed by atoms with E-state index in [1.54, 1.807) is 0 Å². The largest absolute Gasteiger partial charge is 0.329 e. The van der Waals surface area contributed by atoms with E-state index in [0.29, 0.717) is 5.41 Å². The number of hydrogen-bond acceptors (Lipinski definition) is 2. The molecule has 14 heavy (non-hydrogen) atoms. The fourth-order valence-electron chi connectivity index (χ4n) is 3.10. The molecule has 0 aromatic heterocycles. The molecule has 2 nitrogen and oxygen atoms in total. The molecule has 2 rings (SSSR count). The summed E-state index contributed by atoms with van der Waals surface area (Å²) in [5.74, 6) is 0. The molecule has 0 aromatic carbocycles. The Hall–Kier alpha value is -0.0800. The van der Waals surface area contributed by atoms with E-state index in [-0.39, 0.29) is 5.54 Å². The first-order valence-corrected chi connectivity index (χ1v) is 6.00. The molecule has 2 atom stereocenters. The molecule has 0 bridgehead atoms. The molecule has 2 heteroatoms. The predicted molar refractivity (Wildman–Crippen MR) is 60.2 cm³/mol. The summed E-state index contributed by atoms with van der Waals surface area (Å²) in [5, 5.41) is 0. The number of nitrogens with zero attached hydrogens (tertiary/aromatic N) is 1. The van der Waals surface area contributed by atoms with Gasteiger partial charge in [0.2, 0.25) is 0 Å². The van der Waals surface area contributed by atoms with Crippen molar-refractivity contribution in [1.82, 2.24) is 4.90 Å². The fraction of sp³-hybridized carbons (Fsp3) is 1.00. The highest BCUT2D eigenvalue weighted by Gasteiger charge is 2.56. The molecule has 0 radical (unpaired) electrons. The van der Waals surface area contributed by atoms with E-state index in [1.807, 2.05) is 0 Å². The highest BCUT2D eigenvalue weighted by Crippen LogP contribution is 2.56. The second-order valence-corrected chi connectivity index (χ2v) is 5.72. The number of hydrogen-bond donors (Lipinski definition) is 1. The van der Waals surface area contributed by atoms with Crippen molar-refractivity contribution in [2.24, 2.45) is 11.1 Å². The van der Waals surface area contributed by atoms with E-state index in [4.69, 9.17) is 5.73 Å². The van der Waals surface area contributed by atoms with Crippen molar-refractivity contribution in [3.63, 3.8) is 0 Å². The molecule has 2 fully saturated rings. The maximum absolute atomic E-state index is 6.03. The molecule has 2 aliphatic rings. The second kappa shape index (κ2) is 3.21. The van der Waals surface area contributed by atoms with E-state index in [1.165, 1.54) is 32.2 Å². The zero-order valence-corrected chi connectivity index (χ0v) is 9.84. The van der Waals surface area contributed by atoms with E-state index in [0.717, 1.165) is 12.6 Å². The molecule has 2 N–H and O–H groups in total. The Labute approximate surface area is 87.8 Å². The molecule has 1 aliphatic carbocycles. The topological polar surface area (TPSA) is 29.3 Å². The number of nitrogens with two attached hydrogens (primary N) is 1. The van der Waals surface area contributed by atoms with Crippen molar-refractivity contribution in [3.05, 3.63) is 0 Å². The van der Waals surface area contributed by atoms with Gasteiger partial charge in [-0.2, -0.15) is 0 Å². The van der Waals surface area contributed by atoms with Gasteiger partial charge >= 0.3 is 0 Å². The van der Waals surface area contributed by atoms with Crippen LogP contribution in [0.15, 0.2) is 0 Å². The number of rotatable bonds is 3. The third kappa shape index (κ3) is 1.31. The molecular weight excluding hydrogens is 172 g/mol. The SMILES string of the molecule is CC1CCCN1C(C)(CN)C1(C)CC1. The monoisotopic (exact) mass is 196 g/mol. The zero-order chi connectivity index (χ0) is 10.4. The van der Waals surface area contributed by atoms with Crippen LogP contribution < -0.4 is 5.73 Å². The first-order chi connectivity index (χ1) is 6.53. The molecule has 0 aromatic rings. The van der Waals surface area contributed by atoms with Crippen molar-refractivity contribution < 1.29 is 0 Å². The standard InChI is InChI=1S/C12H24N2/c1-10-5-4-8-14(10)12(3,9-13)11(2)6-7-11/h10H,4-9,13H2,1-3H3. The van der Waals surface area contributed by atoms with Gasteiger partial charge in [-0.15, -0.1) is 0 Å². The normalized spacial score (nSPS) is 35.6. The first kappa shape index (κ1) is 10.4. The highest BCUT2D eigenvalue weighted by molar-refractivity contribution is 5.11. The van der Waals surface area contributed by atoms with Crippen LogP contribution >= 0.6 is 0 Å².